The Morgan fingerprint density at radius 1 is 1.20 bits per heavy atom. The lowest BCUT2D eigenvalue weighted by Crippen LogP contribution is -2.46. The largest absolute Gasteiger partial charge is 0.381 e. The predicted octanol–water partition coefficient (Wildman–Crippen LogP) is 1.41. The zero-order chi connectivity index (χ0) is 13.8. The van der Waals surface area contributed by atoms with Gasteiger partial charge in [-0.05, 0) is 30.5 Å². The summed E-state index contributed by atoms with van der Waals surface area (Å²) < 4.78 is 11.1. The second-order valence-electron chi connectivity index (χ2n) is 5.31. The van der Waals surface area contributed by atoms with Gasteiger partial charge in [-0.1, -0.05) is 0 Å². The van der Waals surface area contributed by atoms with Gasteiger partial charge in [-0.15, -0.1) is 0 Å². The van der Waals surface area contributed by atoms with E-state index in [1.165, 1.54) is 0 Å². The van der Waals surface area contributed by atoms with E-state index < -0.39 is 0 Å². The second-order valence-corrected chi connectivity index (χ2v) is 5.31. The van der Waals surface area contributed by atoms with Crippen molar-refractivity contribution >= 4 is 5.91 Å². The Labute approximate surface area is 118 Å². The number of morpholine rings is 1. The molecule has 0 saturated carbocycles. The molecule has 1 aromatic rings. The van der Waals surface area contributed by atoms with E-state index in [1.54, 1.807) is 12.4 Å². The van der Waals surface area contributed by atoms with Crippen LogP contribution in [0.3, 0.4) is 0 Å². The number of pyridine rings is 1. The summed E-state index contributed by atoms with van der Waals surface area (Å²) in [6, 6.07) is 3.90. The monoisotopic (exact) mass is 276 g/mol. The molecular weight excluding hydrogens is 256 g/mol. The van der Waals surface area contributed by atoms with Gasteiger partial charge in [0.1, 0.15) is 6.10 Å². The summed E-state index contributed by atoms with van der Waals surface area (Å²) >= 11 is 0. The van der Waals surface area contributed by atoms with E-state index in [2.05, 4.69) is 4.98 Å². The summed E-state index contributed by atoms with van der Waals surface area (Å²) in [5.41, 5.74) is 1.09. The molecule has 0 aliphatic carbocycles. The fraction of sp³-hybridized carbons (Fsp3) is 0.600. The van der Waals surface area contributed by atoms with Gasteiger partial charge in [-0.3, -0.25) is 9.78 Å². The van der Waals surface area contributed by atoms with Crippen LogP contribution in [-0.4, -0.2) is 48.7 Å². The smallest absolute Gasteiger partial charge is 0.226 e. The van der Waals surface area contributed by atoms with Crippen molar-refractivity contribution in [3.05, 3.63) is 30.1 Å². The first-order valence-corrected chi connectivity index (χ1v) is 7.22. The van der Waals surface area contributed by atoms with Crippen molar-refractivity contribution in [2.75, 3.05) is 32.9 Å². The van der Waals surface area contributed by atoms with Crippen molar-refractivity contribution in [3.8, 4) is 0 Å². The number of ether oxygens (including phenoxy) is 2. The summed E-state index contributed by atoms with van der Waals surface area (Å²) in [7, 11) is 0. The minimum atomic E-state index is -0.0319. The molecule has 1 aromatic heterocycles. The Bertz CT molecular complexity index is 446. The van der Waals surface area contributed by atoms with Gasteiger partial charge in [0, 0.05) is 38.1 Å². The third-order valence-corrected chi connectivity index (χ3v) is 4.03. The van der Waals surface area contributed by atoms with Gasteiger partial charge < -0.3 is 14.4 Å². The van der Waals surface area contributed by atoms with Crippen LogP contribution in [-0.2, 0) is 14.3 Å². The highest BCUT2D eigenvalue weighted by Gasteiger charge is 2.30. The maximum atomic E-state index is 12.5. The van der Waals surface area contributed by atoms with E-state index in [4.69, 9.17) is 9.47 Å². The van der Waals surface area contributed by atoms with Crippen molar-refractivity contribution < 1.29 is 14.3 Å². The van der Waals surface area contributed by atoms with Crippen LogP contribution < -0.4 is 0 Å². The molecule has 0 unspecified atom stereocenters. The lowest BCUT2D eigenvalue weighted by atomic mass is 9.98. The van der Waals surface area contributed by atoms with E-state index in [1.807, 2.05) is 17.0 Å². The number of amides is 1. The number of nitrogens with zero attached hydrogens (tertiary/aromatic N) is 2. The van der Waals surface area contributed by atoms with Crippen LogP contribution in [0.25, 0.3) is 0 Å². The predicted molar refractivity (Wildman–Crippen MR) is 73.1 cm³/mol. The maximum Gasteiger partial charge on any atom is 0.226 e. The van der Waals surface area contributed by atoms with Crippen molar-refractivity contribution in [1.29, 1.82) is 0 Å². The summed E-state index contributed by atoms with van der Waals surface area (Å²) in [5, 5.41) is 0. The van der Waals surface area contributed by atoms with Gasteiger partial charge in [0.2, 0.25) is 5.91 Å². The van der Waals surface area contributed by atoms with E-state index >= 15 is 0 Å². The van der Waals surface area contributed by atoms with Crippen molar-refractivity contribution in [3.63, 3.8) is 0 Å². The van der Waals surface area contributed by atoms with E-state index in [0.29, 0.717) is 32.9 Å². The van der Waals surface area contributed by atoms with Gasteiger partial charge >= 0.3 is 0 Å². The highest BCUT2D eigenvalue weighted by Crippen LogP contribution is 2.25. The van der Waals surface area contributed by atoms with Gasteiger partial charge in [-0.25, -0.2) is 0 Å². The molecule has 2 aliphatic rings. The average molecular weight is 276 g/mol. The number of rotatable bonds is 2. The number of carbonyl (C=O) groups excluding carboxylic acids is 1. The molecular formula is C15H20N2O3. The zero-order valence-corrected chi connectivity index (χ0v) is 11.5. The van der Waals surface area contributed by atoms with E-state index in [0.717, 1.165) is 18.4 Å². The van der Waals surface area contributed by atoms with Gasteiger partial charge in [0.05, 0.1) is 13.2 Å². The highest BCUT2D eigenvalue weighted by atomic mass is 16.5. The van der Waals surface area contributed by atoms with Gasteiger partial charge in [0.25, 0.3) is 0 Å². The number of hydrogen-bond acceptors (Lipinski definition) is 4. The lowest BCUT2D eigenvalue weighted by molar-refractivity contribution is -0.146. The number of aromatic nitrogens is 1. The van der Waals surface area contributed by atoms with Crippen molar-refractivity contribution in [2.45, 2.75) is 18.9 Å². The second kappa shape index (κ2) is 6.33. The van der Waals surface area contributed by atoms with Gasteiger partial charge in [-0.2, -0.15) is 0 Å². The Kier molecular flexibility index (Phi) is 4.28. The van der Waals surface area contributed by atoms with Crippen LogP contribution in [0.4, 0.5) is 0 Å². The molecule has 1 amide bonds. The summed E-state index contributed by atoms with van der Waals surface area (Å²) in [4.78, 5) is 18.5. The summed E-state index contributed by atoms with van der Waals surface area (Å²) in [5.74, 6) is 0.385. The molecule has 3 heterocycles. The van der Waals surface area contributed by atoms with E-state index in [9.17, 15) is 4.79 Å². The van der Waals surface area contributed by atoms with E-state index in [-0.39, 0.29) is 17.9 Å². The Balaban J connectivity index is 1.64. The van der Waals surface area contributed by atoms with Gasteiger partial charge in [0.15, 0.2) is 0 Å². The average Bonchev–Trinajstić information content (AvgIpc) is 2.56. The molecule has 20 heavy (non-hydrogen) atoms. The molecule has 0 bridgehead atoms. The third kappa shape index (κ3) is 2.99. The minimum absolute atomic E-state index is 0.0319. The van der Waals surface area contributed by atoms with Crippen LogP contribution in [0.1, 0.15) is 24.5 Å². The molecule has 2 saturated heterocycles. The molecule has 5 heteroatoms. The minimum Gasteiger partial charge on any atom is -0.381 e. The van der Waals surface area contributed by atoms with Crippen LogP contribution >= 0.6 is 0 Å². The standard InChI is InChI=1S/C15H20N2O3/c18-15(13-3-8-19-9-4-13)17-7-10-20-14(11-17)12-1-5-16-6-2-12/h1-2,5-6,13-14H,3-4,7-11H2/t14-/m0/s1. The molecule has 108 valence electrons. The molecule has 2 fully saturated rings. The van der Waals surface area contributed by atoms with Crippen LogP contribution in [0.2, 0.25) is 0 Å². The van der Waals surface area contributed by atoms with Crippen molar-refractivity contribution in [2.24, 2.45) is 5.92 Å². The molecule has 2 aliphatic heterocycles. The van der Waals surface area contributed by atoms with Crippen LogP contribution in [0.5, 0.6) is 0 Å². The molecule has 0 radical (unpaired) electrons. The maximum absolute atomic E-state index is 12.5. The topological polar surface area (TPSA) is 51.7 Å². The normalized spacial score (nSPS) is 24.6. The quantitative estimate of drug-likeness (QED) is 0.819. The summed E-state index contributed by atoms with van der Waals surface area (Å²) in [6.07, 6.45) is 5.18. The fourth-order valence-corrected chi connectivity index (χ4v) is 2.83. The molecule has 1 atom stereocenters. The van der Waals surface area contributed by atoms with Crippen LogP contribution in [0, 0.1) is 5.92 Å². The zero-order valence-electron chi connectivity index (χ0n) is 11.5. The number of hydrogen-bond donors (Lipinski definition) is 0. The molecule has 0 spiro atoms. The molecule has 0 N–H and O–H groups in total. The molecule has 5 nitrogen and oxygen atoms in total. The SMILES string of the molecule is O=C(C1CCOCC1)N1CCO[C@H](c2ccncc2)C1. The Hall–Kier alpha value is -1.46. The van der Waals surface area contributed by atoms with Crippen molar-refractivity contribution in [1.82, 2.24) is 9.88 Å². The Morgan fingerprint density at radius 3 is 2.70 bits per heavy atom. The fourth-order valence-electron chi connectivity index (χ4n) is 2.83. The first-order chi connectivity index (χ1) is 9.84. The first kappa shape index (κ1) is 13.5. The molecule has 0 aromatic carbocycles. The van der Waals surface area contributed by atoms with Crippen LogP contribution in [0.15, 0.2) is 24.5 Å². The lowest BCUT2D eigenvalue weighted by Gasteiger charge is -2.36. The summed E-state index contributed by atoms with van der Waals surface area (Å²) in [6.45, 7) is 3.34. The highest BCUT2D eigenvalue weighted by molar-refractivity contribution is 5.79. The number of carbonyl (C=O) groups is 1. The third-order valence-electron chi connectivity index (χ3n) is 4.03. The molecule has 3 rings (SSSR count). The first-order valence-electron chi connectivity index (χ1n) is 7.22. The Morgan fingerprint density at radius 2 is 1.95 bits per heavy atom.